The fraction of sp³-hybridized carbons (Fsp3) is 0.308. The van der Waals surface area contributed by atoms with Gasteiger partial charge in [0, 0.05) is 24.7 Å². The van der Waals surface area contributed by atoms with Crippen LogP contribution in [0.2, 0.25) is 0 Å². The van der Waals surface area contributed by atoms with Crippen molar-refractivity contribution in [3.05, 3.63) is 41.9 Å². The Morgan fingerprint density at radius 1 is 1.33 bits per heavy atom. The van der Waals surface area contributed by atoms with Crippen LogP contribution >= 0.6 is 0 Å². The van der Waals surface area contributed by atoms with Crippen molar-refractivity contribution in [2.75, 3.05) is 7.05 Å². The lowest BCUT2D eigenvalue weighted by Gasteiger charge is -2.08. The van der Waals surface area contributed by atoms with Crippen LogP contribution < -0.4 is 5.32 Å². The van der Waals surface area contributed by atoms with E-state index in [-0.39, 0.29) is 0 Å². The van der Waals surface area contributed by atoms with Gasteiger partial charge in [0.15, 0.2) is 0 Å². The zero-order valence-corrected chi connectivity index (χ0v) is 10.4. The highest BCUT2D eigenvalue weighted by molar-refractivity contribution is 5.62. The van der Waals surface area contributed by atoms with Crippen LogP contribution in [0.3, 0.4) is 0 Å². The molecular formula is C13H15F2N3. The molecule has 3 nitrogen and oxygen atoms in total. The van der Waals surface area contributed by atoms with Crippen LogP contribution in [0, 0.1) is 11.6 Å². The minimum Gasteiger partial charge on any atom is -0.333 e. The number of rotatable bonds is 4. The summed E-state index contributed by atoms with van der Waals surface area (Å²) < 4.78 is 28.6. The van der Waals surface area contributed by atoms with Gasteiger partial charge in [-0.05, 0) is 26.1 Å². The molecule has 96 valence electrons. The third kappa shape index (κ3) is 2.26. The smallest absolute Gasteiger partial charge is 0.135 e. The molecule has 0 saturated carbocycles. The van der Waals surface area contributed by atoms with Gasteiger partial charge in [0.25, 0.3) is 0 Å². The molecule has 0 aliphatic heterocycles. The van der Waals surface area contributed by atoms with Gasteiger partial charge >= 0.3 is 0 Å². The molecule has 0 aliphatic rings. The SMILES string of the molecule is CCn1cnc(-c2ccc(F)cc2F)c1CNC. The van der Waals surface area contributed by atoms with Crippen LogP contribution in [0.1, 0.15) is 12.6 Å². The Labute approximate surface area is 104 Å². The van der Waals surface area contributed by atoms with E-state index in [1.54, 1.807) is 6.33 Å². The molecule has 0 spiro atoms. The molecule has 0 radical (unpaired) electrons. The van der Waals surface area contributed by atoms with Gasteiger partial charge in [-0.2, -0.15) is 0 Å². The van der Waals surface area contributed by atoms with Gasteiger partial charge in [0.2, 0.25) is 0 Å². The molecule has 0 amide bonds. The van der Waals surface area contributed by atoms with Crippen molar-refractivity contribution in [1.29, 1.82) is 0 Å². The number of nitrogens with one attached hydrogen (secondary N) is 1. The van der Waals surface area contributed by atoms with E-state index in [2.05, 4.69) is 10.3 Å². The molecule has 0 fully saturated rings. The van der Waals surface area contributed by atoms with Crippen molar-refractivity contribution in [2.45, 2.75) is 20.0 Å². The van der Waals surface area contributed by atoms with Crippen molar-refractivity contribution in [2.24, 2.45) is 0 Å². The predicted octanol–water partition coefficient (Wildman–Crippen LogP) is 2.57. The maximum atomic E-state index is 13.8. The Bertz CT molecular complexity index is 549. The number of aromatic nitrogens is 2. The highest BCUT2D eigenvalue weighted by Crippen LogP contribution is 2.25. The number of imidazole rings is 1. The van der Waals surface area contributed by atoms with E-state index in [4.69, 9.17) is 0 Å². The second kappa shape index (κ2) is 5.27. The standard InChI is InChI=1S/C13H15F2N3/c1-3-18-8-17-13(12(18)7-16-2)10-5-4-9(14)6-11(10)15/h4-6,8,16H,3,7H2,1-2H3. The molecule has 1 heterocycles. The topological polar surface area (TPSA) is 29.9 Å². The number of nitrogens with zero attached hydrogens (tertiary/aromatic N) is 2. The van der Waals surface area contributed by atoms with Gasteiger partial charge < -0.3 is 9.88 Å². The second-order valence-corrected chi connectivity index (χ2v) is 3.98. The lowest BCUT2D eigenvalue weighted by molar-refractivity contribution is 0.585. The summed E-state index contributed by atoms with van der Waals surface area (Å²) >= 11 is 0. The van der Waals surface area contributed by atoms with Crippen LogP contribution in [0.5, 0.6) is 0 Å². The molecule has 1 N–H and O–H groups in total. The van der Waals surface area contributed by atoms with Crippen molar-refractivity contribution in [3.63, 3.8) is 0 Å². The Kier molecular flexibility index (Phi) is 3.72. The summed E-state index contributed by atoms with van der Waals surface area (Å²) in [6, 6.07) is 3.54. The number of halogens is 2. The average Bonchev–Trinajstić information content (AvgIpc) is 2.73. The number of hydrogen-bond acceptors (Lipinski definition) is 2. The summed E-state index contributed by atoms with van der Waals surface area (Å²) in [4.78, 5) is 4.23. The van der Waals surface area contributed by atoms with Crippen molar-refractivity contribution >= 4 is 0 Å². The van der Waals surface area contributed by atoms with Crippen LogP contribution in [-0.2, 0) is 13.1 Å². The molecule has 18 heavy (non-hydrogen) atoms. The van der Waals surface area contributed by atoms with Gasteiger partial charge in [0.1, 0.15) is 11.6 Å². The summed E-state index contributed by atoms with van der Waals surface area (Å²) in [5, 5.41) is 3.03. The summed E-state index contributed by atoms with van der Waals surface area (Å²) in [6.45, 7) is 3.33. The third-order valence-corrected chi connectivity index (χ3v) is 2.82. The Hall–Kier alpha value is -1.75. The van der Waals surface area contributed by atoms with Crippen LogP contribution in [-0.4, -0.2) is 16.6 Å². The normalized spacial score (nSPS) is 10.9. The summed E-state index contributed by atoms with van der Waals surface area (Å²) in [6.07, 6.45) is 1.67. The monoisotopic (exact) mass is 251 g/mol. The molecule has 2 rings (SSSR count). The van der Waals surface area contributed by atoms with E-state index in [0.717, 1.165) is 18.3 Å². The molecular weight excluding hydrogens is 236 g/mol. The van der Waals surface area contributed by atoms with Gasteiger partial charge in [-0.1, -0.05) is 0 Å². The van der Waals surface area contributed by atoms with Gasteiger partial charge in [0.05, 0.1) is 17.7 Å². The highest BCUT2D eigenvalue weighted by atomic mass is 19.1. The maximum absolute atomic E-state index is 13.8. The molecule has 2 aromatic rings. The number of aryl methyl sites for hydroxylation is 1. The van der Waals surface area contributed by atoms with Gasteiger partial charge in [-0.25, -0.2) is 13.8 Å². The second-order valence-electron chi connectivity index (χ2n) is 3.98. The molecule has 0 unspecified atom stereocenters. The fourth-order valence-corrected chi connectivity index (χ4v) is 1.94. The third-order valence-electron chi connectivity index (χ3n) is 2.82. The molecule has 5 heteroatoms. The van der Waals surface area contributed by atoms with E-state index in [0.29, 0.717) is 17.8 Å². The lowest BCUT2D eigenvalue weighted by Crippen LogP contribution is -2.11. The molecule has 1 aromatic heterocycles. The summed E-state index contributed by atoms with van der Waals surface area (Å²) in [5.74, 6) is -1.17. The van der Waals surface area contributed by atoms with Crippen LogP contribution in [0.4, 0.5) is 8.78 Å². The minimum absolute atomic E-state index is 0.328. The average molecular weight is 251 g/mol. The zero-order chi connectivity index (χ0) is 13.1. The molecule has 1 aromatic carbocycles. The quantitative estimate of drug-likeness (QED) is 0.905. The first-order valence-corrected chi connectivity index (χ1v) is 5.81. The first-order valence-electron chi connectivity index (χ1n) is 5.81. The van der Waals surface area contributed by atoms with E-state index < -0.39 is 11.6 Å². The fourth-order valence-electron chi connectivity index (χ4n) is 1.94. The maximum Gasteiger partial charge on any atom is 0.135 e. The zero-order valence-electron chi connectivity index (χ0n) is 10.4. The molecule has 0 atom stereocenters. The van der Waals surface area contributed by atoms with Crippen molar-refractivity contribution in [3.8, 4) is 11.3 Å². The van der Waals surface area contributed by atoms with E-state index >= 15 is 0 Å². The highest BCUT2D eigenvalue weighted by Gasteiger charge is 2.15. The van der Waals surface area contributed by atoms with Crippen LogP contribution in [0.15, 0.2) is 24.5 Å². The van der Waals surface area contributed by atoms with Crippen molar-refractivity contribution < 1.29 is 8.78 Å². The minimum atomic E-state index is -0.589. The van der Waals surface area contributed by atoms with E-state index in [9.17, 15) is 8.78 Å². The predicted molar refractivity (Wildman–Crippen MR) is 66.0 cm³/mol. The first kappa shape index (κ1) is 12.7. The first-order chi connectivity index (χ1) is 8.67. The number of hydrogen-bond donors (Lipinski definition) is 1. The van der Waals surface area contributed by atoms with E-state index in [1.165, 1.54) is 12.1 Å². The largest absolute Gasteiger partial charge is 0.333 e. The molecule has 0 saturated heterocycles. The van der Waals surface area contributed by atoms with E-state index in [1.807, 2.05) is 18.5 Å². The van der Waals surface area contributed by atoms with Gasteiger partial charge in [-0.15, -0.1) is 0 Å². The molecule has 0 aliphatic carbocycles. The lowest BCUT2D eigenvalue weighted by atomic mass is 10.1. The number of benzene rings is 1. The Morgan fingerprint density at radius 2 is 2.11 bits per heavy atom. The summed E-state index contributed by atoms with van der Waals surface area (Å²) in [5.41, 5.74) is 1.78. The Balaban J connectivity index is 2.52. The van der Waals surface area contributed by atoms with Crippen LogP contribution in [0.25, 0.3) is 11.3 Å². The summed E-state index contributed by atoms with van der Waals surface area (Å²) in [7, 11) is 1.82. The van der Waals surface area contributed by atoms with Crippen molar-refractivity contribution in [1.82, 2.24) is 14.9 Å². The van der Waals surface area contributed by atoms with Gasteiger partial charge in [-0.3, -0.25) is 0 Å². The molecule has 0 bridgehead atoms. The Morgan fingerprint density at radius 3 is 2.72 bits per heavy atom.